The molecular weight excluding hydrogens is 175 g/mol. The van der Waals surface area contributed by atoms with Gasteiger partial charge in [-0.05, 0) is 12.5 Å². The molecule has 0 N–H and O–H groups in total. The molecular formula is C5H6BrFO. The van der Waals surface area contributed by atoms with Gasteiger partial charge < -0.3 is 3.83 Å². The van der Waals surface area contributed by atoms with Gasteiger partial charge in [0.1, 0.15) is 0 Å². The third kappa shape index (κ3) is 3.87. The van der Waals surface area contributed by atoms with E-state index in [1.54, 1.807) is 6.08 Å². The molecule has 0 aromatic carbocycles. The van der Waals surface area contributed by atoms with Crippen molar-refractivity contribution >= 4 is 16.3 Å². The van der Waals surface area contributed by atoms with Crippen LogP contribution in [0.5, 0.6) is 0 Å². The highest BCUT2D eigenvalue weighted by Gasteiger charge is 1.86. The fraction of sp³-hybridized carbons (Fsp3) is 0.200. The van der Waals surface area contributed by atoms with Gasteiger partial charge in [0.15, 0.2) is 16.3 Å². The molecule has 0 radical (unpaired) electrons. The number of hydrogen-bond donors (Lipinski definition) is 0. The quantitative estimate of drug-likeness (QED) is 0.480. The van der Waals surface area contributed by atoms with E-state index in [-0.39, 0.29) is 0 Å². The van der Waals surface area contributed by atoms with Crippen molar-refractivity contribution < 1.29 is 8.22 Å². The second kappa shape index (κ2) is 4.84. The minimum Gasteiger partial charge on any atom is -0.389 e. The molecule has 8 heavy (non-hydrogen) atoms. The van der Waals surface area contributed by atoms with E-state index in [9.17, 15) is 4.39 Å². The van der Waals surface area contributed by atoms with Crippen molar-refractivity contribution in [2.24, 2.45) is 0 Å². The van der Waals surface area contributed by atoms with Gasteiger partial charge in [-0.1, -0.05) is 6.08 Å². The largest absolute Gasteiger partial charge is 0.389 e. The second-order valence-electron chi connectivity index (χ2n) is 1.11. The van der Waals surface area contributed by atoms with Gasteiger partial charge in [-0.2, -0.15) is 4.39 Å². The van der Waals surface area contributed by atoms with Gasteiger partial charge >= 0.3 is 0 Å². The molecule has 0 heterocycles. The predicted molar refractivity (Wildman–Crippen MR) is 34.0 cm³/mol. The lowest BCUT2D eigenvalue weighted by atomic mass is 10.4. The summed E-state index contributed by atoms with van der Waals surface area (Å²) in [5.74, 6) is 0. The standard InChI is InChI=1S/C5H6BrFO/c1-2-3-4-5(7)8-6/h2,4H,1,3H2/b5-4+. The molecule has 0 saturated carbocycles. The van der Waals surface area contributed by atoms with Crippen LogP contribution < -0.4 is 0 Å². The van der Waals surface area contributed by atoms with Gasteiger partial charge in [-0.15, -0.1) is 6.58 Å². The molecule has 0 unspecified atom stereocenters. The molecule has 0 bridgehead atoms. The summed E-state index contributed by atoms with van der Waals surface area (Å²) in [4.78, 5) is 0. The fourth-order valence-electron chi connectivity index (χ4n) is 0.207. The monoisotopic (exact) mass is 180 g/mol. The van der Waals surface area contributed by atoms with Gasteiger partial charge in [-0.3, -0.25) is 0 Å². The van der Waals surface area contributed by atoms with Crippen LogP contribution in [0.2, 0.25) is 0 Å². The molecule has 0 fully saturated rings. The predicted octanol–water partition coefficient (Wildman–Crippen LogP) is 2.70. The zero-order valence-electron chi connectivity index (χ0n) is 4.23. The van der Waals surface area contributed by atoms with Crippen LogP contribution in [0.15, 0.2) is 24.7 Å². The Bertz CT molecular complexity index is 101. The lowest BCUT2D eigenvalue weighted by Gasteiger charge is -1.85. The smallest absolute Gasteiger partial charge is 0.280 e. The zero-order chi connectivity index (χ0) is 6.41. The summed E-state index contributed by atoms with van der Waals surface area (Å²) in [5.41, 5.74) is 0. The van der Waals surface area contributed by atoms with E-state index in [0.29, 0.717) is 6.42 Å². The van der Waals surface area contributed by atoms with E-state index >= 15 is 0 Å². The summed E-state index contributed by atoms with van der Waals surface area (Å²) in [7, 11) is 0. The highest BCUT2D eigenvalue weighted by Crippen LogP contribution is 2.04. The zero-order valence-corrected chi connectivity index (χ0v) is 5.82. The van der Waals surface area contributed by atoms with Gasteiger partial charge in [0.25, 0.3) is 6.01 Å². The molecule has 1 nitrogen and oxygen atoms in total. The highest BCUT2D eigenvalue weighted by atomic mass is 79.9. The van der Waals surface area contributed by atoms with E-state index < -0.39 is 6.01 Å². The maximum atomic E-state index is 11.9. The highest BCUT2D eigenvalue weighted by molar-refractivity contribution is 9.06. The first-order chi connectivity index (χ1) is 3.81. The van der Waals surface area contributed by atoms with E-state index in [0.717, 1.165) is 0 Å². The minimum absolute atomic E-state index is 0.484. The summed E-state index contributed by atoms with van der Waals surface area (Å²) >= 11 is 2.47. The van der Waals surface area contributed by atoms with E-state index in [1.807, 2.05) is 0 Å². The lowest BCUT2D eigenvalue weighted by molar-refractivity contribution is 0.357. The molecule has 0 aliphatic heterocycles. The van der Waals surface area contributed by atoms with Crippen LogP contribution in [-0.2, 0) is 3.83 Å². The first-order valence-electron chi connectivity index (χ1n) is 2.06. The Kier molecular flexibility index (Phi) is 4.65. The fourth-order valence-corrected chi connectivity index (χ4v) is 0.340. The van der Waals surface area contributed by atoms with Crippen LogP contribution in [-0.4, -0.2) is 0 Å². The van der Waals surface area contributed by atoms with Gasteiger partial charge in [0.05, 0.1) is 0 Å². The van der Waals surface area contributed by atoms with Crippen LogP contribution in [0.3, 0.4) is 0 Å². The third-order valence-corrected chi connectivity index (χ3v) is 0.828. The second-order valence-corrected chi connectivity index (χ2v) is 1.43. The van der Waals surface area contributed by atoms with E-state index in [1.165, 1.54) is 6.08 Å². The van der Waals surface area contributed by atoms with Crippen molar-refractivity contribution in [3.63, 3.8) is 0 Å². The van der Waals surface area contributed by atoms with Crippen molar-refractivity contribution in [1.82, 2.24) is 0 Å². The van der Waals surface area contributed by atoms with Crippen molar-refractivity contribution in [3.05, 3.63) is 24.7 Å². The number of allylic oxidation sites excluding steroid dienone is 2. The summed E-state index contributed by atoms with van der Waals surface area (Å²) in [6.45, 7) is 3.38. The Balaban J connectivity index is 3.40. The Hall–Kier alpha value is -0.310. The van der Waals surface area contributed by atoms with Crippen LogP contribution in [0, 0.1) is 0 Å². The summed E-state index contributed by atoms with van der Waals surface area (Å²) in [6.07, 6.45) is 3.32. The molecule has 0 amide bonds. The van der Waals surface area contributed by atoms with Gasteiger partial charge in [0.2, 0.25) is 0 Å². The molecule has 0 rings (SSSR count). The molecule has 0 aliphatic rings. The summed E-state index contributed by atoms with van der Waals surface area (Å²) < 4.78 is 15.9. The van der Waals surface area contributed by atoms with Crippen LogP contribution in [0.25, 0.3) is 0 Å². The Morgan fingerprint density at radius 3 is 2.88 bits per heavy atom. The number of halogens is 2. The third-order valence-electron chi connectivity index (χ3n) is 0.519. The summed E-state index contributed by atoms with van der Waals surface area (Å²) in [6, 6.07) is -0.634. The number of rotatable bonds is 3. The van der Waals surface area contributed by atoms with Gasteiger partial charge in [0, 0.05) is 0 Å². The summed E-state index contributed by atoms with van der Waals surface area (Å²) in [5, 5.41) is 0. The first kappa shape index (κ1) is 7.69. The number of hydrogen-bond acceptors (Lipinski definition) is 1. The Labute approximate surface area is 56.3 Å². The Morgan fingerprint density at radius 1 is 1.88 bits per heavy atom. The van der Waals surface area contributed by atoms with Crippen LogP contribution in [0.4, 0.5) is 4.39 Å². The lowest BCUT2D eigenvalue weighted by Crippen LogP contribution is -1.67. The minimum atomic E-state index is -0.634. The van der Waals surface area contributed by atoms with Crippen molar-refractivity contribution in [2.45, 2.75) is 6.42 Å². The van der Waals surface area contributed by atoms with Crippen LogP contribution in [0.1, 0.15) is 6.42 Å². The van der Waals surface area contributed by atoms with Crippen molar-refractivity contribution in [1.29, 1.82) is 0 Å². The molecule has 0 saturated heterocycles. The van der Waals surface area contributed by atoms with Gasteiger partial charge in [-0.25, -0.2) is 0 Å². The average Bonchev–Trinajstić information content (AvgIpc) is 1.83. The SMILES string of the molecule is C=CC/C=C(\F)OBr. The van der Waals surface area contributed by atoms with E-state index in [4.69, 9.17) is 0 Å². The average molecular weight is 181 g/mol. The molecule has 46 valence electrons. The molecule has 0 spiro atoms. The maximum Gasteiger partial charge on any atom is 0.280 e. The van der Waals surface area contributed by atoms with E-state index in [2.05, 4.69) is 26.7 Å². The molecule has 0 aliphatic carbocycles. The molecule has 0 aromatic rings. The topological polar surface area (TPSA) is 9.23 Å². The van der Waals surface area contributed by atoms with Crippen molar-refractivity contribution in [3.8, 4) is 0 Å². The first-order valence-corrected chi connectivity index (χ1v) is 2.71. The van der Waals surface area contributed by atoms with Crippen molar-refractivity contribution in [2.75, 3.05) is 0 Å². The Morgan fingerprint density at radius 2 is 2.50 bits per heavy atom. The van der Waals surface area contributed by atoms with Crippen LogP contribution >= 0.6 is 16.3 Å². The molecule has 0 atom stereocenters. The molecule has 3 heteroatoms. The maximum absolute atomic E-state index is 11.9. The molecule has 0 aromatic heterocycles. The normalized spacial score (nSPS) is 11.0.